The summed E-state index contributed by atoms with van der Waals surface area (Å²) in [5.41, 5.74) is 0.310. The number of hydrogen-bond acceptors (Lipinski definition) is 5. The number of benzene rings is 1. The van der Waals surface area contributed by atoms with Crippen LogP contribution in [0.5, 0.6) is 0 Å². The highest BCUT2D eigenvalue weighted by atomic mass is 127. The van der Waals surface area contributed by atoms with Crippen LogP contribution >= 0.6 is 67.8 Å². The number of carbonyl (C=O) groups is 1. The Kier molecular flexibility index (Phi) is 9.53. The first kappa shape index (κ1) is 25.4. The molecule has 0 bridgehead atoms. The molecular weight excluding hydrogens is 723 g/mol. The maximum atomic E-state index is 12.7. The summed E-state index contributed by atoms with van der Waals surface area (Å²) in [4.78, 5) is 12.7. The zero-order valence-corrected chi connectivity index (χ0v) is 23.9. The lowest BCUT2D eigenvalue weighted by Gasteiger charge is -2.41. The van der Waals surface area contributed by atoms with E-state index in [4.69, 9.17) is 9.47 Å². The molecule has 5 nitrogen and oxygen atoms in total. The summed E-state index contributed by atoms with van der Waals surface area (Å²) >= 11 is 6.69. The summed E-state index contributed by atoms with van der Waals surface area (Å²) in [5.74, 6) is 0.312. The van der Waals surface area contributed by atoms with Gasteiger partial charge in [-0.25, -0.2) is 4.79 Å². The third-order valence-electron chi connectivity index (χ3n) is 6.36. The van der Waals surface area contributed by atoms with Crippen molar-refractivity contribution >= 4 is 73.7 Å². The van der Waals surface area contributed by atoms with Crippen molar-refractivity contribution in [3.8, 4) is 0 Å². The van der Waals surface area contributed by atoms with E-state index in [1.54, 1.807) is 0 Å². The number of piperidine rings is 1. The Labute approximate surface area is 220 Å². The van der Waals surface area contributed by atoms with Crippen LogP contribution < -0.4 is 5.32 Å². The van der Waals surface area contributed by atoms with Gasteiger partial charge in [0, 0.05) is 16.6 Å². The molecular formula is C22H30I3NO4. The van der Waals surface area contributed by atoms with Crippen LogP contribution in [0.25, 0.3) is 0 Å². The summed E-state index contributed by atoms with van der Waals surface area (Å²) in [6.07, 6.45) is 4.46. The minimum Gasteiger partial charge on any atom is -0.459 e. The number of halogens is 3. The smallest absolute Gasteiger partial charge is 0.339 e. The van der Waals surface area contributed by atoms with Crippen LogP contribution in [-0.4, -0.2) is 42.2 Å². The number of rotatable bonds is 6. The Bertz CT molecular complexity index is 744. The van der Waals surface area contributed by atoms with E-state index in [1.165, 1.54) is 0 Å². The molecule has 1 aliphatic carbocycles. The first-order valence-electron chi connectivity index (χ1n) is 10.6. The van der Waals surface area contributed by atoms with Gasteiger partial charge in [-0.05, 0) is 151 Å². The van der Waals surface area contributed by atoms with E-state index in [0.29, 0.717) is 11.5 Å². The number of nitrogens with one attached hydrogen (secondary N) is 1. The first-order valence-corrected chi connectivity index (χ1v) is 13.8. The van der Waals surface area contributed by atoms with Crippen molar-refractivity contribution in [3.05, 3.63) is 28.4 Å². The minimum absolute atomic E-state index is 0.0929. The van der Waals surface area contributed by atoms with Gasteiger partial charge in [0.25, 0.3) is 0 Å². The predicted octanol–water partition coefficient (Wildman–Crippen LogP) is 5.33. The molecule has 168 valence electrons. The zero-order valence-electron chi connectivity index (χ0n) is 17.4. The molecule has 1 saturated carbocycles. The number of carbonyl (C=O) groups excluding carboxylic acids is 1. The van der Waals surface area contributed by atoms with E-state index in [9.17, 15) is 9.90 Å². The van der Waals surface area contributed by atoms with E-state index < -0.39 is 6.29 Å². The Morgan fingerprint density at radius 2 is 1.73 bits per heavy atom. The average molecular weight is 753 g/mol. The Hall–Kier alpha value is 0.760. The van der Waals surface area contributed by atoms with Crippen LogP contribution in [0.2, 0.25) is 0 Å². The van der Waals surface area contributed by atoms with E-state index in [1.807, 2.05) is 6.07 Å². The van der Waals surface area contributed by atoms with Gasteiger partial charge in [0.15, 0.2) is 6.29 Å². The molecule has 0 aromatic heterocycles. The van der Waals surface area contributed by atoms with E-state index in [-0.39, 0.29) is 23.6 Å². The molecule has 8 heteroatoms. The van der Waals surface area contributed by atoms with Crippen LogP contribution in [0.3, 0.4) is 0 Å². The fourth-order valence-corrected chi connectivity index (χ4v) is 6.81. The highest BCUT2D eigenvalue weighted by Gasteiger charge is 2.37. The Morgan fingerprint density at radius 3 is 2.37 bits per heavy atom. The van der Waals surface area contributed by atoms with Gasteiger partial charge >= 0.3 is 5.97 Å². The number of esters is 1. The SMILES string of the molecule is CC(C)(OC(O)C1CCC(OC(=O)c2cc(I)cc(I)c2I)CC1)C1CCNCC1. The molecule has 1 atom stereocenters. The molecule has 2 aliphatic rings. The second-order valence-corrected chi connectivity index (χ2v) is 12.3. The lowest BCUT2D eigenvalue weighted by atomic mass is 9.82. The second kappa shape index (κ2) is 11.3. The van der Waals surface area contributed by atoms with Crippen molar-refractivity contribution in [3.63, 3.8) is 0 Å². The zero-order chi connectivity index (χ0) is 21.9. The Morgan fingerprint density at radius 1 is 1.10 bits per heavy atom. The molecule has 1 aliphatic heterocycles. The van der Waals surface area contributed by atoms with Crippen LogP contribution in [0.4, 0.5) is 0 Å². The fraction of sp³-hybridized carbons (Fsp3) is 0.682. The van der Waals surface area contributed by atoms with Gasteiger partial charge in [-0.2, -0.15) is 0 Å². The van der Waals surface area contributed by atoms with Crippen molar-refractivity contribution in [1.82, 2.24) is 5.32 Å². The Balaban J connectivity index is 1.50. The van der Waals surface area contributed by atoms with E-state index in [0.717, 1.165) is 62.3 Å². The van der Waals surface area contributed by atoms with Crippen LogP contribution in [0.1, 0.15) is 62.7 Å². The van der Waals surface area contributed by atoms with E-state index in [2.05, 4.69) is 93.0 Å². The van der Waals surface area contributed by atoms with Gasteiger partial charge in [0.2, 0.25) is 0 Å². The standard InChI is InChI=1S/C22H30I3NO4/c1-22(2,14-7-9-26-10-8-14)30-20(27)13-3-5-16(6-4-13)29-21(28)17-11-15(23)12-18(24)19(17)25/h11-14,16,20,26-27H,3-10H2,1-2H3. The second-order valence-electron chi connectivity index (χ2n) is 8.83. The highest BCUT2D eigenvalue weighted by molar-refractivity contribution is 14.1. The summed E-state index contributed by atoms with van der Waals surface area (Å²) in [6, 6.07) is 3.94. The normalized spacial score (nSPS) is 24.5. The largest absolute Gasteiger partial charge is 0.459 e. The molecule has 1 aromatic rings. The molecule has 0 amide bonds. The molecule has 3 rings (SSSR count). The number of aliphatic hydroxyl groups excluding tert-OH is 1. The van der Waals surface area contributed by atoms with Gasteiger partial charge in [-0.3, -0.25) is 0 Å². The number of aliphatic hydroxyl groups is 1. The van der Waals surface area contributed by atoms with Crippen LogP contribution in [-0.2, 0) is 9.47 Å². The van der Waals surface area contributed by atoms with Crippen LogP contribution in [0.15, 0.2) is 12.1 Å². The molecule has 0 spiro atoms. The summed E-state index contributed by atoms with van der Waals surface area (Å²) in [5, 5.41) is 14.1. The quantitative estimate of drug-likeness (QED) is 0.178. The van der Waals surface area contributed by atoms with Crippen molar-refractivity contribution in [1.29, 1.82) is 0 Å². The maximum absolute atomic E-state index is 12.7. The van der Waals surface area contributed by atoms with Gasteiger partial charge in [-0.15, -0.1) is 0 Å². The molecule has 1 saturated heterocycles. The summed E-state index contributed by atoms with van der Waals surface area (Å²) < 4.78 is 15.0. The summed E-state index contributed by atoms with van der Waals surface area (Å²) in [6.45, 7) is 6.23. The third kappa shape index (κ3) is 6.64. The summed E-state index contributed by atoms with van der Waals surface area (Å²) in [7, 11) is 0. The van der Waals surface area contributed by atoms with Crippen LogP contribution in [0, 0.1) is 22.5 Å². The molecule has 30 heavy (non-hydrogen) atoms. The van der Waals surface area contributed by atoms with Crippen molar-refractivity contribution in [2.24, 2.45) is 11.8 Å². The van der Waals surface area contributed by atoms with Gasteiger partial charge in [0.1, 0.15) is 6.10 Å². The fourth-order valence-electron chi connectivity index (χ4n) is 4.43. The lowest BCUT2D eigenvalue weighted by molar-refractivity contribution is -0.222. The number of ether oxygens (including phenoxy) is 2. The predicted molar refractivity (Wildman–Crippen MR) is 143 cm³/mol. The average Bonchev–Trinajstić information content (AvgIpc) is 2.71. The van der Waals surface area contributed by atoms with Crippen molar-refractivity contribution in [2.75, 3.05) is 13.1 Å². The molecule has 2 N–H and O–H groups in total. The lowest BCUT2D eigenvalue weighted by Crippen LogP contribution is -2.45. The maximum Gasteiger partial charge on any atom is 0.339 e. The van der Waals surface area contributed by atoms with Gasteiger partial charge < -0.3 is 19.9 Å². The van der Waals surface area contributed by atoms with Gasteiger partial charge in [0.05, 0.1) is 11.2 Å². The van der Waals surface area contributed by atoms with E-state index >= 15 is 0 Å². The van der Waals surface area contributed by atoms with Crippen molar-refractivity contribution in [2.45, 2.75) is 70.4 Å². The monoisotopic (exact) mass is 753 g/mol. The third-order valence-corrected chi connectivity index (χ3v) is 10.0. The molecule has 2 fully saturated rings. The van der Waals surface area contributed by atoms with Crippen molar-refractivity contribution < 1.29 is 19.4 Å². The van der Waals surface area contributed by atoms with Gasteiger partial charge in [-0.1, -0.05) is 0 Å². The minimum atomic E-state index is -0.759. The molecule has 1 aromatic carbocycles. The highest BCUT2D eigenvalue weighted by Crippen LogP contribution is 2.35. The molecule has 1 heterocycles. The topological polar surface area (TPSA) is 67.8 Å². The molecule has 1 unspecified atom stereocenters. The first-order chi connectivity index (χ1) is 14.2. The molecule has 0 radical (unpaired) electrons. The number of hydrogen-bond donors (Lipinski definition) is 2.